The number of nitrogens with one attached hydrogen (secondary N) is 1. The van der Waals surface area contributed by atoms with Gasteiger partial charge in [-0.05, 0) is 35.7 Å². The molecule has 1 N–H and O–H groups in total. The predicted octanol–water partition coefficient (Wildman–Crippen LogP) is 3.97. The Morgan fingerprint density at radius 1 is 1.18 bits per heavy atom. The van der Waals surface area contributed by atoms with Gasteiger partial charge in [0, 0.05) is 36.3 Å². The number of rotatable bonds is 3. The summed E-state index contributed by atoms with van der Waals surface area (Å²) in [6.45, 7) is 0.0598. The third-order valence-corrected chi connectivity index (χ3v) is 6.16. The van der Waals surface area contributed by atoms with Crippen LogP contribution in [0, 0.1) is 11.6 Å². The molecule has 0 saturated heterocycles. The van der Waals surface area contributed by atoms with Crippen molar-refractivity contribution in [3.05, 3.63) is 74.8 Å². The second-order valence-electron chi connectivity index (χ2n) is 8.15. The maximum atomic E-state index is 14.1. The third-order valence-electron chi connectivity index (χ3n) is 6.16. The van der Waals surface area contributed by atoms with Crippen LogP contribution in [0.15, 0.2) is 35.1 Å². The molecule has 34 heavy (non-hydrogen) atoms. The summed E-state index contributed by atoms with van der Waals surface area (Å²) in [5.74, 6) is -2.79. The van der Waals surface area contributed by atoms with Crippen molar-refractivity contribution in [2.45, 2.75) is 19.1 Å². The Kier molecular flexibility index (Phi) is 5.16. The highest BCUT2D eigenvalue weighted by molar-refractivity contribution is 5.99. The number of hydrogen-bond acceptors (Lipinski definition) is 4. The Hall–Kier alpha value is -3.73. The lowest BCUT2D eigenvalue weighted by atomic mass is 9.95. The standard InChI is InChI=1S/C23H18F4N4O3/c1-30(23(33)10-3-4-17-13(5-10)20(21(26)27)29-31(17)2)18-9-34-8-16-19(18)11-6-14(24)15(25)7-12(11)22(32)28-16/h3-7,18,21H,8-9H2,1-2H3,(H,28,32)/t18-/m0/s1. The molecule has 0 aliphatic carbocycles. The molecule has 0 fully saturated rings. The number of carbonyl (C=O) groups excluding carboxylic acids is 1. The number of H-pyrrole nitrogens is 1. The van der Waals surface area contributed by atoms with Crippen molar-refractivity contribution >= 4 is 27.6 Å². The van der Waals surface area contributed by atoms with E-state index in [1.165, 1.54) is 41.9 Å². The van der Waals surface area contributed by atoms with Crippen molar-refractivity contribution in [2.75, 3.05) is 13.7 Å². The molecule has 1 atom stereocenters. The fraction of sp³-hybridized carbons (Fsp3) is 0.261. The number of hydrogen-bond donors (Lipinski definition) is 1. The number of halogens is 4. The highest BCUT2D eigenvalue weighted by atomic mass is 19.3. The number of ether oxygens (including phenoxy) is 1. The lowest BCUT2D eigenvalue weighted by Gasteiger charge is -2.34. The Bertz CT molecular complexity index is 1530. The van der Waals surface area contributed by atoms with E-state index in [1.54, 1.807) is 0 Å². The Morgan fingerprint density at radius 3 is 2.59 bits per heavy atom. The summed E-state index contributed by atoms with van der Waals surface area (Å²) in [5.41, 5.74) is 0.341. The number of aryl methyl sites for hydroxylation is 1. The topological polar surface area (TPSA) is 80.2 Å². The first-order chi connectivity index (χ1) is 16.2. The minimum absolute atomic E-state index is 0.0252. The molecule has 3 heterocycles. The normalized spacial score (nSPS) is 15.8. The van der Waals surface area contributed by atoms with Gasteiger partial charge in [0.1, 0.15) is 5.69 Å². The molecule has 1 aliphatic heterocycles. The van der Waals surface area contributed by atoms with Gasteiger partial charge in [0.25, 0.3) is 17.9 Å². The maximum absolute atomic E-state index is 14.1. The van der Waals surface area contributed by atoms with Crippen molar-refractivity contribution < 1.29 is 27.1 Å². The van der Waals surface area contributed by atoms with Crippen LogP contribution in [-0.2, 0) is 18.4 Å². The fourth-order valence-electron chi connectivity index (χ4n) is 4.48. The van der Waals surface area contributed by atoms with Gasteiger partial charge in [-0.25, -0.2) is 17.6 Å². The maximum Gasteiger partial charge on any atom is 0.282 e. The van der Waals surface area contributed by atoms with E-state index in [0.717, 1.165) is 12.1 Å². The summed E-state index contributed by atoms with van der Waals surface area (Å²) >= 11 is 0. The molecule has 0 spiro atoms. The monoisotopic (exact) mass is 474 g/mol. The zero-order valence-corrected chi connectivity index (χ0v) is 18.0. The summed E-state index contributed by atoms with van der Waals surface area (Å²) in [4.78, 5) is 29.7. The Morgan fingerprint density at radius 2 is 1.88 bits per heavy atom. The van der Waals surface area contributed by atoms with E-state index in [9.17, 15) is 27.2 Å². The first-order valence-electron chi connectivity index (χ1n) is 10.3. The number of fused-ring (bicyclic) bond motifs is 4. The molecule has 1 amide bonds. The number of nitrogens with zero attached hydrogens (tertiary/aromatic N) is 3. The molecular weight excluding hydrogens is 456 g/mol. The zero-order chi connectivity index (χ0) is 24.3. The molecule has 5 rings (SSSR count). The number of benzene rings is 2. The molecule has 2 aromatic carbocycles. The van der Waals surface area contributed by atoms with Crippen molar-refractivity contribution in [1.29, 1.82) is 0 Å². The molecule has 1 aliphatic rings. The van der Waals surface area contributed by atoms with Crippen molar-refractivity contribution in [3.63, 3.8) is 0 Å². The predicted molar refractivity (Wildman–Crippen MR) is 115 cm³/mol. The molecule has 176 valence electrons. The smallest absolute Gasteiger partial charge is 0.282 e. The highest BCUT2D eigenvalue weighted by Crippen LogP contribution is 2.35. The first kappa shape index (κ1) is 22.1. The van der Waals surface area contributed by atoms with Crippen molar-refractivity contribution in [1.82, 2.24) is 19.7 Å². The minimum atomic E-state index is -2.82. The number of aromatic amines is 1. The fourth-order valence-corrected chi connectivity index (χ4v) is 4.48. The largest absolute Gasteiger partial charge is 0.373 e. The third kappa shape index (κ3) is 3.35. The number of carbonyl (C=O) groups is 1. The van der Waals surface area contributed by atoms with E-state index in [4.69, 9.17) is 4.74 Å². The second-order valence-corrected chi connectivity index (χ2v) is 8.15. The van der Waals surface area contributed by atoms with Crippen molar-refractivity contribution in [3.8, 4) is 0 Å². The number of alkyl halides is 2. The van der Waals surface area contributed by atoms with Crippen LogP contribution in [-0.4, -0.2) is 39.2 Å². The lowest BCUT2D eigenvalue weighted by molar-refractivity contribution is 0.0335. The molecule has 0 bridgehead atoms. The summed E-state index contributed by atoms with van der Waals surface area (Å²) in [6, 6.07) is 5.40. The summed E-state index contributed by atoms with van der Waals surface area (Å²) in [5, 5.41) is 4.11. The van der Waals surface area contributed by atoms with E-state index >= 15 is 0 Å². The van der Waals surface area contributed by atoms with Crippen LogP contribution in [0.1, 0.15) is 39.8 Å². The highest BCUT2D eigenvalue weighted by Gasteiger charge is 2.32. The van der Waals surface area contributed by atoms with Gasteiger partial charge in [-0.3, -0.25) is 14.3 Å². The summed E-state index contributed by atoms with van der Waals surface area (Å²) in [6.07, 6.45) is -2.82. The molecule has 7 nitrogen and oxygen atoms in total. The number of pyridine rings is 1. The van der Waals surface area contributed by atoms with Crippen LogP contribution in [0.5, 0.6) is 0 Å². The van der Waals surface area contributed by atoms with Crippen molar-refractivity contribution in [2.24, 2.45) is 7.05 Å². The average molecular weight is 474 g/mol. The van der Waals surface area contributed by atoms with Gasteiger partial charge in [-0.15, -0.1) is 0 Å². The van der Waals surface area contributed by atoms with Gasteiger partial charge in [-0.1, -0.05) is 0 Å². The Balaban J connectivity index is 1.61. The quantitative estimate of drug-likeness (QED) is 0.456. The zero-order valence-electron chi connectivity index (χ0n) is 18.0. The van der Waals surface area contributed by atoms with Gasteiger partial charge >= 0.3 is 0 Å². The van der Waals surface area contributed by atoms with Gasteiger partial charge in [0.15, 0.2) is 11.6 Å². The van der Waals surface area contributed by atoms with Gasteiger partial charge in [0.05, 0.1) is 30.2 Å². The van der Waals surface area contributed by atoms with Gasteiger partial charge < -0.3 is 14.6 Å². The van der Waals surface area contributed by atoms with E-state index in [-0.39, 0.29) is 34.9 Å². The summed E-state index contributed by atoms with van der Waals surface area (Å²) in [7, 11) is 3.02. The molecule has 11 heteroatoms. The van der Waals surface area contributed by atoms with Crippen LogP contribution in [0.2, 0.25) is 0 Å². The number of amides is 1. The van der Waals surface area contributed by atoms with E-state index in [0.29, 0.717) is 16.8 Å². The number of aromatic nitrogens is 3. The first-order valence-corrected chi connectivity index (χ1v) is 10.3. The summed E-state index contributed by atoms with van der Waals surface area (Å²) < 4.78 is 61.6. The molecule has 2 aromatic heterocycles. The average Bonchev–Trinajstić information content (AvgIpc) is 3.15. The van der Waals surface area contributed by atoms with E-state index in [1.807, 2.05) is 0 Å². The van der Waals surface area contributed by atoms with E-state index in [2.05, 4.69) is 10.1 Å². The van der Waals surface area contributed by atoms with Crippen LogP contribution in [0.3, 0.4) is 0 Å². The van der Waals surface area contributed by atoms with Crippen LogP contribution in [0.4, 0.5) is 17.6 Å². The molecule has 0 saturated carbocycles. The number of likely N-dealkylation sites (N-methyl/N-ethyl adjacent to an activating group) is 1. The van der Waals surface area contributed by atoms with Crippen LogP contribution < -0.4 is 5.56 Å². The lowest BCUT2D eigenvalue weighted by Crippen LogP contribution is -2.37. The van der Waals surface area contributed by atoms with E-state index < -0.39 is 41.3 Å². The molecule has 4 aromatic rings. The molecule has 0 radical (unpaired) electrons. The molecular formula is C23H18F4N4O3. The van der Waals surface area contributed by atoms with Crippen LogP contribution >= 0.6 is 0 Å². The van der Waals surface area contributed by atoms with Crippen LogP contribution in [0.25, 0.3) is 21.7 Å². The second kappa shape index (κ2) is 7.94. The van der Waals surface area contributed by atoms with Gasteiger partial charge in [-0.2, -0.15) is 5.10 Å². The Labute approximate surface area is 189 Å². The molecule has 0 unspecified atom stereocenters. The SMILES string of the molecule is CN(C(=O)c1ccc2c(c1)c(C(F)F)nn2C)[C@H]1COCc2[nH]c(=O)c3cc(F)c(F)cc3c21. The minimum Gasteiger partial charge on any atom is -0.373 e. The van der Waals surface area contributed by atoms with Gasteiger partial charge in [0.2, 0.25) is 0 Å².